The van der Waals surface area contributed by atoms with Crippen molar-refractivity contribution in [3.8, 4) is 0 Å². The quantitative estimate of drug-likeness (QED) is 0.595. The van der Waals surface area contributed by atoms with Gasteiger partial charge in [-0.05, 0) is 44.2 Å². The van der Waals surface area contributed by atoms with Gasteiger partial charge in [-0.1, -0.05) is 19.4 Å². The molecule has 1 heterocycles. The average molecular weight is 285 g/mol. The van der Waals surface area contributed by atoms with Crippen molar-refractivity contribution < 1.29 is 0 Å². The van der Waals surface area contributed by atoms with Crippen molar-refractivity contribution >= 4 is 28.7 Å². The lowest BCUT2D eigenvalue weighted by Crippen LogP contribution is -2.40. The minimum absolute atomic E-state index is 0.371. The molecule has 1 atom stereocenters. The molecule has 0 unspecified atom stereocenters. The van der Waals surface area contributed by atoms with Crippen molar-refractivity contribution in [2.24, 2.45) is 0 Å². The minimum Gasteiger partial charge on any atom is -0.363 e. The molecular formula is C13H23N3S2. The summed E-state index contributed by atoms with van der Waals surface area (Å²) in [7, 11) is 4.19. The van der Waals surface area contributed by atoms with Gasteiger partial charge in [-0.3, -0.25) is 0 Å². The number of unbranched alkanes of at least 4 members (excludes halogenated alkanes) is 1. The van der Waals surface area contributed by atoms with Crippen LogP contribution in [0, 0.1) is 0 Å². The van der Waals surface area contributed by atoms with E-state index in [0.717, 1.165) is 24.6 Å². The number of thiocarbonyl (C=S) groups is 1. The number of thiophene rings is 1. The first-order valence-electron chi connectivity index (χ1n) is 6.36. The lowest BCUT2D eigenvalue weighted by molar-refractivity contribution is 0.303. The second-order valence-electron chi connectivity index (χ2n) is 4.49. The Labute approximate surface area is 120 Å². The first kappa shape index (κ1) is 15.4. The molecule has 2 N–H and O–H groups in total. The third-order valence-electron chi connectivity index (χ3n) is 2.77. The summed E-state index contributed by atoms with van der Waals surface area (Å²) >= 11 is 7.05. The van der Waals surface area contributed by atoms with Gasteiger partial charge in [-0.25, -0.2) is 0 Å². The number of rotatable bonds is 7. The molecule has 0 aliphatic carbocycles. The fourth-order valence-electron chi connectivity index (χ4n) is 1.65. The summed E-state index contributed by atoms with van der Waals surface area (Å²) in [5.74, 6) is 0. The predicted molar refractivity (Wildman–Crippen MR) is 84.3 cm³/mol. The fourth-order valence-corrected chi connectivity index (χ4v) is 2.76. The van der Waals surface area contributed by atoms with Crippen LogP contribution in [0.25, 0.3) is 0 Å². The molecule has 1 aromatic rings. The number of hydrogen-bond acceptors (Lipinski definition) is 3. The molecular weight excluding hydrogens is 262 g/mol. The lowest BCUT2D eigenvalue weighted by Gasteiger charge is -2.24. The van der Waals surface area contributed by atoms with Gasteiger partial charge in [0.25, 0.3) is 0 Å². The van der Waals surface area contributed by atoms with Gasteiger partial charge in [-0.2, -0.15) is 0 Å². The summed E-state index contributed by atoms with van der Waals surface area (Å²) in [5.41, 5.74) is 0. The lowest BCUT2D eigenvalue weighted by atomic mass is 10.2. The Balaban J connectivity index is 2.37. The Bertz CT molecular complexity index is 336. The van der Waals surface area contributed by atoms with Gasteiger partial charge in [0, 0.05) is 18.0 Å². The standard InChI is InChI=1S/C13H23N3S2/c1-4-5-8-14-13(17)15-10-11(16(2)3)12-7-6-9-18-12/h6-7,9,11H,4-5,8,10H2,1-3H3,(H2,14,15,17)/t11-/m0/s1. The summed E-state index contributed by atoms with van der Waals surface area (Å²) in [5, 5.41) is 9.40. The molecule has 5 heteroatoms. The molecule has 3 nitrogen and oxygen atoms in total. The van der Waals surface area contributed by atoms with E-state index in [1.807, 2.05) is 0 Å². The highest BCUT2D eigenvalue weighted by molar-refractivity contribution is 7.80. The van der Waals surface area contributed by atoms with Gasteiger partial charge in [0.1, 0.15) is 0 Å². The zero-order valence-electron chi connectivity index (χ0n) is 11.4. The van der Waals surface area contributed by atoms with Crippen molar-refractivity contribution in [1.82, 2.24) is 15.5 Å². The van der Waals surface area contributed by atoms with Crippen LogP contribution in [0.1, 0.15) is 30.7 Å². The normalized spacial score (nSPS) is 12.4. The second kappa shape index (κ2) is 8.45. The minimum atomic E-state index is 0.371. The Morgan fingerprint density at radius 3 is 2.78 bits per heavy atom. The van der Waals surface area contributed by atoms with Crippen LogP contribution in [-0.2, 0) is 0 Å². The van der Waals surface area contributed by atoms with E-state index >= 15 is 0 Å². The van der Waals surface area contributed by atoms with E-state index in [4.69, 9.17) is 12.2 Å². The van der Waals surface area contributed by atoms with E-state index in [-0.39, 0.29) is 0 Å². The maximum Gasteiger partial charge on any atom is 0.166 e. The molecule has 18 heavy (non-hydrogen) atoms. The van der Waals surface area contributed by atoms with Crippen molar-refractivity contribution in [2.45, 2.75) is 25.8 Å². The molecule has 0 amide bonds. The van der Waals surface area contributed by atoms with Gasteiger partial charge in [0.15, 0.2) is 5.11 Å². The first-order valence-corrected chi connectivity index (χ1v) is 7.65. The largest absolute Gasteiger partial charge is 0.363 e. The predicted octanol–water partition coefficient (Wildman–Crippen LogP) is 2.62. The molecule has 0 bridgehead atoms. The average Bonchev–Trinajstić information content (AvgIpc) is 2.83. The molecule has 0 fully saturated rings. The molecule has 0 aromatic carbocycles. The SMILES string of the molecule is CCCCNC(=S)NC[C@@H](c1cccs1)N(C)C. The molecule has 0 saturated heterocycles. The number of nitrogens with zero attached hydrogens (tertiary/aromatic N) is 1. The highest BCUT2D eigenvalue weighted by Crippen LogP contribution is 2.22. The molecule has 1 rings (SSSR count). The zero-order valence-corrected chi connectivity index (χ0v) is 13.0. The van der Waals surface area contributed by atoms with Crippen LogP contribution >= 0.6 is 23.6 Å². The Morgan fingerprint density at radius 1 is 1.44 bits per heavy atom. The summed E-state index contributed by atoms with van der Waals surface area (Å²) in [6.07, 6.45) is 2.34. The highest BCUT2D eigenvalue weighted by atomic mass is 32.1. The van der Waals surface area contributed by atoms with Crippen LogP contribution in [0.15, 0.2) is 17.5 Å². The summed E-state index contributed by atoms with van der Waals surface area (Å²) in [6, 6.07) is 4.63. The first-order chi connectivity index (χ1) is 8.65. The van der Waals surface area contributed by atoms with Crippen LogP contribution in [-0.4, -0.2) is 37.2 Å². The Morgan fingerprint density at radius 2 is 2.22 bits per heavy atom. The van der Waals surface area contributed by atoms with Crippen molar-refractivity contribution in [3.05, 3.63) is 22.4 Å². The molecule has 0 radical (unpaired) electrons. The van der Waals surface area contributed by atoms with Crippen LogP contribution in [0.5, 0.6) is 0 Å². The maximum atomic E-state index is 5.26. The highest BCUT2D eigenvalue weighted by Gasteiger charge is 2.14. The topological polar surface area (TPSA) is 27.3 Å². The van der Waals surface area contributed by atoms with Gasteiger partial charge in [-0.15, -0.1) is 11.3 Å². The number of nitrogens with one attached hydrogen (secondary N) is 2. The zero-order chi connectivity index (χ0) is 13.4. The second-order valence-corrected chi connectivity index (χ2v) is 5.87. The van der Waals surface area contributed by atoms with Crippen LogP contribution < -0.4 is 10.6 Å². The monoisotopic (exact) mass is 285 g/mol. The molecule has 1 aromatic heterocycles. The van der Waals surface area contributed by atoms with Crippen molar-refractivity contribution in [3.63, 3.8) is 0 Å². The third-order valence-corrected chi connectivity index (χ3v) is 4.03. The van der Waals surface area contributed by atoms with Crippen molar-refractivity contribution in [2.75, 3.05) is 27.2 Å². The van der Waals surface area contributed by atoms with Gasteiger partial charge >= 0.3 is 0 Å². The number of likely N-dealkylation sites (N-methyl/N-ethyl adjacent to an activating group) is 1. The van der Waals surface area contributed by atoms with E-state index in [1.165, 1.54) is 11.3 Å². The van der Waals surface area contributed by atoms with Gasteiger partial charge in [0.2, 0.25) is 0 Å². The van der Waals surface area contributed by atoms with Crippen LogP contribution in [0.2, 0.25) is 0 Å². The Hall–Kier alpha value is -0.650. The molecule has 0 aliphatic heterocycles. The van der Waals surface area contributed by atoms with E-state index < -0.39 is 0 Å². The van der Waals surface area contributed by atoms with E-state index in [0.29, 0.717) is 6.04 Å². The van der Waals surface area contributed by atoms with Gasteiger partial charge in [0.05, 0.1) is 6.04 Å². The Kier molecular flexibility index (Phi) is 7.23. The molecule has 102 valence electrons. The summed E-state index contributed by atoms with van der Waals surface area (Å²) in [4.78, 5) is 3.58. The molecule has 0 aliphatic rings. The maximum absolute atomic E-state index is 5.26. The fraction of sp³-hybridized carbons (Fsp3) is 0.615. The summed E-state index contributed by atoms with van der Waals surface area (Å²) < 4.78 is 0. The summed E-state index contributed by atoms with van der Waals surface area (Å²) in [6.45, 7) is 3.97. The van der Waals surface area contributed by atoms with Gasteiger partial charge < -0.3 is 15.5 Å². The van der Waals surface area contributed by atoms with Crippen LogP contribution in [0.3, 0.4) is 0 Å². The third kappa shape index (κ3) is 5.33. The molecule has 0 saturated carbocycles. The smallest absolute Gasteiger partial charge is 0.166 e. The van der Waals surface area contributed by atoms with Crippen molar-refractivity contribution in [1.29, 1.82) is 0 Å². The van der Waals surface area contributed by atoms with Crippen LogP contribution in [0.4, 0.5) is 0 Å². The molecule has 0 spiro atoms. The van der Waals surface area contributed by atoms with E-state index in [2.05, 4.69) is 54.1 Å². The van der Waals surface area contributed by atoms with E-state index in [9.17, 15) is 0 Å². The van der Waals surface area contributed by atoms with E-state index in [1.54, 1.807) is 11.3 Å². The number of hydrogen-bond donors (Lipinski definition) is 2.